The number of alkyl halides is 3. The molecule has 0 aliphatic carbocycles. The number of carbonyl (C=O) groups excluding carboxylic acids is 3. The fraction of sp³-hybridized carbons (Fsp3) is 0.304. The van der Waals surface area contributed by atoms with Gasteiger partial charge in [0.1, 0.15) is 29.2 Å². The predicted molar refractivity (Wildman–Crippen MR) is 125 cm³/mol. The lowest BCUT2D eigenvalue weighted by Crippen LogP contribution is -2.59. The number of nitrogens with one attached hydrogen (secondary N) is 1. The van der Waals surface area contributed by atoms with Crippen LogP contribution in [0.4, 0.5) is 33.7 Å². The fourth-order valence-corrected chi connectivity index (χ4v) is 3.75. The zero-order valence-corrected chi connectivity index (χ0v) is 20.5. The van der Waals surface area contributed by atoms with Gasteiger partial charge in [0.15, 0.2) is 5.78 Å². The Bertz CT molecular complexity index is 1190. The van der Waals surface area contributed by atoms with Gasteiger partial charge >= 0.3 is 12.3 Å². The van der Waals surface area contributed by atoms with E-state index in [1.807, 2.05) is 0 Å². The molecular formula is C23H22F4N4O4S. The molecule has 2 amide bonds. The molecule has 1 fully saturated rings. The molecular weight excluding hydrogens is 504 g/mol. The minimum absolute atomic E-state index is 0.0929. The topological polar surface area (TPSA) is 91.8 Å². The third-order valence-electron chi connectivity index (χ3n) is 4.66. The lowest BCUT2D eigenvalue weighted by atomic mass is 10.1. The van der Waals surface area contributed by atoms with Crippen molar-refractivity contribution in [2.75, 3.05) is 23.1 Å². The molecule has 0 spiro atoms. The number of nitrogens with zero attached hydrogens (tertiary/aromatic N) is 3. The van der Waals surface area contributed by atoms with Crippen LogP contribution in [0.5, 0.6) is 0 Å². The first-order valence-electron chi connectivity index (χ1n) is 10.4. The molecule has 1 aliphatic rings. The number of thioether (sulfide) groups is 1. The van der Waals surface area contributed by atoms with E-state index in [-0.39, 0.29) is 16.3 Å². The molecule has 1 saturated heterocycles. The van der Waals surface area contributed by atoms with Crippen LogP contribution in [-0.2, 0) is 20.5 Å². The summed E-state index contributed by atoms with van der Waals surface area (Å²) in [6.07, 6.45) is -3.45. The van der Waals surface area contributed by atoms with E-state index in [0.29, 0.717) is 16.8 Å². The molecule has 0 radical (unpaired) electrons. The van der Waals surface area contributed by atoms with Crippen LogP contribution in [0.3, 0.4) is 0 Å². The van der Waals surface area contributed by atoms with Gasteiger partial charge in [0.25, 0.3) is 5.91 Å². The van der Waals surface area contributed by atoms with Gasteiger partial charge in [-0.3, -0.25) is 14.6 Å². The Hall–Kier alpha value is -3.61. The summed E-state index contributed by atoms with van der Waals surface area (Å²) in [4.78, 5) is 43.0. The van der Waals surface area contributed by atoms with Crippen molar-refractivity contribution in [3.8, 4) is 0 Å². The fourth-order valence-electron chi connectivity index (χ4n) is 3.12. The number of halogens is 4. The Labute approximate surface area is 208 Å². The van der Waals surface area contributed by atoms with Gasteiger partial charge in [-0.2, -0.15) is 13.2 Å². The lowest BCUT2D eigenvalue weighted by Gasteiger charge is -2.39. The number of hydrogen-bond donors (Lipinski definition) is 1. The second-order valence-electron chi connectivity index (χ2n) is 8.52. The summed E-state index contributed by atoms with van der Waals surface area (Å²) in [5.74, 6) is -2.25. The first kappa shape index (κ1) is 27.0. The van der Waals surface area contributed by atoms with Crippen molar-refractivity contribution in [1.82, 2.24) is 9.99 Å². The minimum Gasteiger partial charge on any atom is -0.442 e. The average Bonchev–Trinajstić information content (AvgIpc) is 2.77. The van der Waals surface area contributed by atoms with Gasteiger partial charge in [0.2, 0.25) is 0 Å². The standard InChI is InChI=1S/C23H22F4N4O4S/c1-22(2,3)35-21(34)31-20(33)18(19(36-4)29-14-7-5-13(24)6-8-14)16(32)12-30(31)15-9-10-17(28-11-15)23(25,26)27/h5-11,29H,12H2,1-4H3. The van der Waals surface area contributed by atoms with Crippen LogP contribution in [0.25, 0.3) is 0 Å². The largest absolute Gasteiger partial charge is 0.442 e. The summed E-state index contributed by atoms with van der Waals surface area (Å²) in [5.41, 5.74) is -2.30. The molecule has 0 saturated carbocycles. The van der Waals surface area contributed by atoms with Crippen LogP contribution in [0.2, 0.25) is 0 Å². The molecule has 1 aliphatic heterocycles. The van der Waals surface area contributed by atoms with E-state index in [4.69, 9.17) is 4.74 Å². The van der Waals surface area contributed by atoms with E-state index in [1.165, 1.54) is 24.3 Å². The van der Waals surface area contributed by atoms with Crippen molar-refractivity contribution >= 4 is 40.9 Å². The minimum atomic E-state index is -4.70. The number of rotatable bonds is 4. The molecule has 0 unspecified atom stereocenters. The van der Waals surface area contributed by atoms with Gasteiger partial charge in [-0.05, 0) is 63.4 Å². The van der Waals surface area contributed by atoms with Crippen molar-refractivity contribution in [2.45, 2.75) is 32.5 Å². The number of carbonyl (C=O) groups is 3. The summed E-state index contributed by atoms with van der Waals surface area (Å²) in [5, 5.41) is 4.42. The number of imide groups is 1. The first-order chi connectivity index (χ1) is 16.7. The molecule has 2 aromatic rings. The summed E-state index contributed by atoms with van der Waals surface area (Å²) in [6.45, 7) is 4.13. The second kappa shape index (κ2) is 10.2. The highest BCUT2D eigenvalue weighted by Crippen LogP contribution is 2.32. The monoisotopic (exact) mass is 526 g/mol. The molecule has 0 atom stereocenters. The summed E-state index contributed by atoms with van der Waals surface area (Å²) in [7, 11) is 0. The number of anilines is 2. The maximum atomic E-state index is 13.5. The third-order valence-corrected chi connectivity index (χ3v) is 5.37. The van der Waals surface area contributed by atoms with Crippen molar-refractivity contribution in [3.63, 3.8) is 0 Å². The quantitative estimate of drug-likeness (QED) is 0.338. The Morgan fingerprint density at radius 3 is 2.22 bits per heavy atom. The van der Waals surface area contributed by atoms with Gasteiger partial charge in [-0.15, -0.1) is 16.8 Å². The Morgan fingerprint density at radius 1 is 1.08 bits per heavy atom. The van der Waals surface area contributed by atoms with Crippen molar-refractivity contribution in [3.05, 3.63) is 64.7 Å². The number of ether oxygens (including phenoxy) is 1. The zero-order valence-electron chi connectivity index (χ0n) is 19.6. The van der Waals surface area contributed by atoms with E-state index in [9.17, 15) is 31.9 Å². The van der Waals surface area contributed by atoms with Crippen molar-refractivity contribution in [1.29, 1.82) is 0 Å². The molecule has 8 nitrogen and oxygen atoms in total. The number of ketones is 1. The molecule has 1 aromatic heterocycles. The molecule has 13 heteroatoms. The number of amides is 2. The average molecular weight is 527 g/mol. The Morgan fingerprint density at radius 2 is 1.72 bits per heavy atom. The molecule has 3 rings (SSSR count). The van der Waals surface area contributed by atoms with Crippen LogP contribution in [0.15, 0.2) is 53.2 Å². The predicted octanol–water partition coefficient (Wildman–Crippen LogP) is 4.99. The SMILES string of the molecule is CSC(Nc1ccc(F)cc1)=C1C(=O)CN(c2ccc(C(F)(F)F)nc2)N(C(=O)OC(C)(C)C)C1=O. The highest BCUT2D eigenvalue weighted by Gasteiger charge is 2.44. The number of hydrogen-bond acceptors (Lipinski definition) is 8. The van der Waals surface area contributed by atoms with Crippen LogP contribution >= 0.6 is 11.8 Å². The number of hydrazine groups is 1. The number of Topliss-reactive ketones (excluding diaryl/α,β-unsaturated/α-hetero) is 1. The highest BCUT2D eigenvalue weighted by molar-refractivity contribution is 8.02. The smallest absolute Gasteiger partial charge is 0.437 e. The number of benzene rings is 1. The van der Waals surface area contributed by atoms with Crippen LogP contribution in [-0.4, -0.2) is 46.2 Å². The van der Waals surface area contributed by atoms with Crippen molar-refractivity contribution < 1.29 is 36.7 Å². The van der Waals surface area contributed by atoms with E-state index >= 15 is 0 Å². The Balaban J connectivity index is 2.05. The summed E-state index contributed by atoms with van der Waals surface area (Å²) < 4.78 is 57.5. The van der Waals surface area contributed by atoms with E-state index in [2.05, 4.69) is 10.3 Å². The molecule has 2 heterocycles. The lowest BCUT2D eigenvalue weighted by molar-refractivity contribution is -0.141. The normalized spacial score (nSPS) is 16.2. The first-order valence-corrected chi connectivity index (χ1v) is 11.7. The number of pyridine rings is 1. The molecule has 192 valence electrons. The second-order valence-corrected chi connectivity index (χ2v) is 9.33. The third kappa shape index (κ3) is 6.14. The van der Waals surface area contributed by atoms with E-state index < -0.39 is 47.6 Å². The molecule has 0 bridgehead atoms. The zero-order chi connectivity index (χ0) is 26.8. The van der Waals surface area contributed by atoms with Crippen LogP contribution in [0, 0.1) is 5.82 Å². The maximum absolute atomic E-state index is 13.5. The van der Waals surface area contributed by atoms with Crippen molar-refractivity contribution in [2.24, 2.45) is 0 Å². The van der Waals surface area contributed by atoms with Gasteiger partial charge < -0.3 is 10.1 Å². The molecule has 1 N–H and O–H groups in total. The van der Waals surface area contributed by atoms with Gasteiger partial charge in [0.05, 0.1) is 16.9 Å². The Kier molecular flexibility index (Phi) is 7.62. The highest BCUT2D eigenvalue weighted by atomic mass is 32.2. The van der Waals surface area contributed by atoms with Gasteiger partial charge in [0, 0.05) is 5.69 Å². The summed E-state index contributed by atoms with van der Waals surface area (Å²) in [6, 6.07) is 6.83. The van der Waals surface area contributed by atoms with Crippen LogP contribution in [0.1, 0.15) is 26.5 Å². The molecule has 1 aromatic carbocycles. The number of aromatic nitrogens is 1. The van der Waals surface area contributed by atoms with E-state index in [1.54, 1.807) is 27.0 Å². The van der Waals surface area contributed by atoms with Crippen LogP contribution < -0.4 is 10.3 Å². The van der Waals surface area contributed by atoms with Gasteiger partial charge in [-0.1, -0.05) is 0 Å². The maximum Gasteiger partial charge on any atom is 0.437 e. The van der Waals surface area contributed by atoms with E-state index in [0.717, 1.165) is 29.0 Å². The summed E-state index contributed by atoms with van der Waals surface area (Å²) >= 11 is 1.01. The van der Waals surface area contributed by atoms with Gasteiger partial charge in [-0.25, -0.2) is 14.2 Å². The molecule has 36 heavy (non-hydrogen) atoms.